The van der Waals surface area contributed by atoms with Crippen molar-refractivity contribution in [1.82, 2.24) is 5.32 Å². The van der Waals surface area contributed by atoms with Gasteiger partial charge in [-0.1, -0.05) is 31.4 Å². The van der Waals surface area contributed by atoms with E-state index in [1.54, 1.807) is 12.1 Å². The first-order valence-corrected chi connectivity index (χ1v) is 8.80. The van der Waals surface area contributed by atoms with Gasteiger partial charge >= 0.3 is 0 Å². The van der Waals surface area contributed by atoms with Crippen LogP contribution in [0.3, 0.4) is 0 Å². The standard InChI is InChI=1S/C19H27FN2O/c20-16-6-4-5-15(11-16)19(9-10-19)14-22-17(23)12-18(13-21)7-2-1-3-8-18/h4-6,11H,1-3,7-10,12-14,21H2,(H,22,23). The first-order valence-electron chi connectivity index (χ1n) is 8.80. The van der Waals surface area contributed by atoms with Crippen LogP contribution in [0.15, 0.2) is 24.3 Å². The van der Waals surface area contributed by atoms with Crippen LogP contribution in [0.1, 0.15) is 56.9 Å². The van der Waals surface area contributed by atoms with Crippen LogP contribution in [0.2, 0.25) is 0 Å². The van der Waals surface area contributed by atoms with Crippen LogP contribution in [0.5, 0.6) is 0 Å². The van der Waals surface area contributed by atoms with Gasteiger partial charge in [0.05, 0.1) is 0 Å². The second-order valence-electron chi connectivity index (χ2n) is 7.51. The lowest BCUT2D eigenvalue weighted by molar-refractivity contribution is -0.124. The van der Waals surface area contributed by atoms with Crippen LogP contribution in [-0.2, 0) is 10.2 Å². The predicted molar refractivity (Wildman–Crippen MR) is 89.5 cm³/mol. The summed E-state index contributed by atoms with van der Waals surface area (Å²) in [6, 6.07) is 6.77. The Morgan fingerprint density at radius 3 is 2.52 bits per heavy atom. The maximum absolute atomic E-state index is 13.4. The number of carbonyl (C=O) groups excluding carboxylic acids is 1. The van der Waals surface area contributed by atoms with E-state index in [0.29, 0.717) is 19.5 Å². The van der Waals surface area contributed by atoms with Gasteiger partial charge in [-0.25, -0.2) is 4.39 Å². The van der Waals surface area contributed by atoms with Crippen LogP contribution in [0.25, 0.3) is 0 Å². The molecule has 23 heavy (non-hydrogen) atoms. The van der Waals surface area contributed by atoms with E-state index < -0.39 is 0 Å². The van der Waals surface area contributed by atoms with Crippen LogP contribution in [0, 0.1) is 11.2 Å². The van der Waals surface area contributed by atoms with E-state index in [1.165, 1.54) is 25.3 Å². The summed E-state index contributed by atoms with van der Waals surface area (Å²) in [5, 5.41) is 3.09. The number of carbonyl (C=O) groups is 1. The quantitative estimate of drug-likeness (QED) is 0.846. The summed E-state index contributed by atoms with van der Waals surface area (Å²) in [6.07, 6.45) is 8.29. The Labute approximate surface area is 137 Å². The lowest BCUT2D eigenvalue weighted by Crippen LogP contribution is -2.40. The molecule has 0 spiro atoms. The highest BCUT2D eigenvalue weighted by atomic mass is 19.1. The Morgan fingerprint density at radius 1 is 1.17 bits per heavy atom. The van der Waals surface area contributed by atoms with Crippen molar-refractivity contribution in [3.05, 3.63) is 35.6 Å². The van der Waals surface area contributed by atoms with Gasteiger partial charge in [-0.05, 0) is 55.3 Å². The van der Waals surface area contributed by atoms with Crippen molar-refractivity contribution in [3.8, 4) is 0 Å². The topological polar surface area (TPSA) is 55.1 Å². The molecule has 4 heteroatoms. The number of halogens is 1. The summed E-state index contributed by atoms with van der Waals surface area (Å²) in [7, 11) is 0. The second-order valence-corrected chi connectivity index (χ2v) is 7.51. The van der Waals surface area contributed by atoms with Crippen molar-refractivity contribution < 1.29 is 9.18 Å². The van der Waals surface area contributed by atoms with Crippen molar-refractivity contribution in [2.24, 2.45) is 11.1 Å². The van der Waals surface area contributed by atoms with Crippen molar-refractivity contribution in [2.75, 3.05) is 13.1 Å². The maximum Gasteiger partial charge on any atom is 0.220 e. The summed E-state index contributed by atoms with van der Waals surface area (Å²) < 4.78 is 13.4. The minimum atomic E-state index is -0.204. The van der Waals surface area contributed by atoms with Gasteiger partial charge in [-0.15, -0.1) is 0 Å². The number of amides is 1. The van der Waals surface area contributed by atoms with E-state index >= 15 is 0 Å². The molecule has 3 nitrogen and oxygen atoms in total. The molecule has 0 heterocycles. The molecule has 3 N–H and O–H groups in total. The van der Waals surface area contributed by atoms with Crippen LogP contribution >= 0.6 is 0 Å². The van der Waals surface area contributed by atoms with E-state index in [2.05, 4.69) is 5.32 Å². The number of hydrogen-bond acceptors (Lipinski definition) is 2. The monoisotopic (exact) mass is 318 g/mol. The molecule has 1 aromatic rings. The molecule has 2 fully saturated rings. The molecule has 0 unspecified atom stereocenters. The van der Waals surface area contributed by atoms with Gasteiger partial charge in [-0.3, -0.25) is 4.79 Å². The van der Waals surface area contributed by atoms with Gasteiger partial charge in [0.2, 0.25) is 5.91 Å². The molecule has 2 aliphatic rings. The minimum Gasteiger partial charge on any atom is -0.355 e. The minimum absolute atomic E-state index is 0.00208. The zero-order valence-corrected chi connectivity index (χ0v) is 13.7. The van der Waals surface area contributed by atoms with Gasteiger partial charge in [0.15, 0.2) is 0 Å². The highest BCUT2D eigenvalue weighted by Crippen LogP contribution is 2.47. The third-order valence-electron chi connectivity index (χ3n) is 5.80. The van der Waals surface area contributed by atoms with E-state index in [0.717, 1.165) is 31.2 Å². The lowest BCUT2D eigenvalue weighted by atomic mass is 9.71. The Morgan fingerprint density at radius 2 is 1.91 bits per heavy atom. The largest absolute Gasteiger partial charge is 0.355 e. The highest BCUT2D eigenvalue weighted by molar-refractivity contribution is 5.77. The van der Waals surface area contributed by atoms with Gasteiger partial charge in [0.25, 0.3) is 0 Å². The second kappa shape index (κ2) is 6.60. The molecule has 0 aliphatic heterocycles. The van der Waals surface area contributed by atoms with E-state index in [-0.39, 0.29) is 22.6 Å². The number of benzene rings is 1. The van der Waals surface area contributed by atoms with E-state index in [4.69, 9.17) is 5.73 Å². The Balaban J connectivity index is 1.56. The van der Waals surface area contributed by atoms with Gasteiger partial charge in [-0.2, -0.15) is 0 Å². The highest BCUT2D eigenvalue weighted by Gasteiger charge is 2.44. The molecular weight excluding hydrogens is 291 g/mol. The van der Waals surface area contributed by atoms with Crippen molar-refractivity contribution in [3.63, 3.8) is 0 Å². The Kier molecular flexibility index (Phi) is 4.72. The first kappa shape index (κ1) is 16.4. The van der Waals surface area contributed by atoms with Crippen LogP contribution < -0.4 is 11.1 Å². The average molecular weight is 318 g/mol. The zero-order valence-electron chi connectivity index (χ0n) is 13.7. The van der Waals surface area contributed by atoms with E-state index in [1.807, 2.05) is 6.07 Å². The van der Waals surface area contributed by atoms with Gasteiger partial charge in [0.1, 0.15) is 5.82 Å². The number of rotatable bonds is 6. The molecule has 126 valence electrons. The third kappa shape index (κ3) is 3.74. The van der Waals surface area contributed by atoms with Crippen molar-refractivity contribution >= 4 is 5.91 Å². The molecule has 0 atom stereocenters. The summed E-state index contributed by atoms with van der Waals surface area (Å²) in [5.74, 6) is -0.107. The smallest absolute Gasteiger partial charge is 0.220 e. The van der Waals surface area contributed by atoms with Crippen molar-refractivity contribution in [2.45, 2.75) is 56.8 Å². The van der Waals surface area contributed by atoms with Gasteiger partial charge in [0, 0.05) is 18.4 Å². The summed E-state index contributed by atoms with van der Waals surface area (Å²) in [4.78, 5) is 12.4. The molecular formula is C19H27FN2O. The van der Waals surface area contributed by atoms with E-state index in [9.17, 15) is 9.18 Å². The van der Waals surface area contributed by atoms with Crippen molar-refractivity contribution in [1.29, 1.82) is 0 Å². The molecule has 3 rings (SSSR count). The maximum atomic E-state index is 13.4. The third-order valence-corrected chi connectivity index (χ3v) is 5.80. The SMILES string of the molecule is NCC1(CC(=O)NCC2(c3cccc(F)c3)CC2)CCCCC1. The lowest BCUT2D eigenvalue weighted by Gasteiger charge is -2.35. The molecule has 2 aliphatic carbocycles. The first-order chi connectivity index (χ1) is 11.1. The Bertz CT molecular complexity index is 562. The summed E-state index contributed by atoms with van der Waals surface area (Å²) in [6.45, 7) is 1.20. The summed E-state index contributed by atoms with van der Waals surface area (Å²) >= 11 is 0. The molecule has 0 radical (unpaired) electrons. The number of nitrogens with two attached hydrogens (primary N) is 1. The molecule has 0 saturated heterocycles. The molecule has 1 amide bonds. The number of hydrogen-bond donors (Lipinski definition) is 2. The fraction of sp³-hybridized carbons (Fsp3) is 0.632. The molecule has 0 aromatic heterocycles. The Hall–Kier alpha value is -1.42. The molecule has 1 aromatic carbocycles. The fourth-order valence-electron chi connectivity index (χ4n) is 3.96. The zero-order chi connectivity index (χ0) is 16.3. The van der Waals surface area contributed by atoms with Crippen LogP contribution in [0.4, 0.5) is 4.39 Å². The molecule has 0 bridgehead atoms. The average Bonchev–Trinajstić information content (AvgIpc) is 3.35. The van der Waals surface area contributed by atoms with Gasteiger partial charge < -0.3 is 11.1 Å². The summed E-state index contributed by atoms with van der Waals surface area (Å²) in [5.41, 5.74) is 6.91. The predicted octanol–water partition coefficient (Wildman–Crippen LogP) is 3.27. The fourth-order valence-corrected chi connectivity index (χ4v) is 3.96. The molecule has 2 saturated carbocycles. The van der Waals surface area contributed by atoms with Crippen LogP contribution in [-0.4, -0.2) is 19.0 Å². The number of nitrogens with one attached hydrogen (secondary N) is 1. The normalized spacial score (nSPS) is 21.7.